The Bertz CT molecular complexity index is 611. The van der Waals surface area contributed by atoms with E-state index in [0.29, 0.717) is 12.0 Å². The summed E-state index contributed by atoms with van der Waals surface area (Å²) in [5.74, 6) is 0.677. The fourth-order valence-corrected chi connectivity index (χ4v) is 2.86. The normalized spacial score (nSPS) is 17.4. The van der Waals surface area contributed by atoms with Gasteiger partial charge in [-0.3, -0.25) is 0 Å². The molecule has 2 aromatic rings. The first kappa shape index (κ1) is 13.0. The molecule has 0 spiro atoms. The van der Waals surface area contributed by atoms with E-state index in [0.717, 1.165) is 6.42 Å². The maximum absolute atomic E-state index is 3.72. The van der Waals surface area contributed by atoms with Crippen LogP contribution >= 0.6 is 0 Å². The van der Waals surface area contributed by atoms with E-state index in [1.54, 1.807) is 0 Å². The second kappa shape index (κ2) is 5.54. The minimum atomic E-state index is 0.409. The molecule has 0 fully saturated rings. The lowest BCUT2D eigenvalue weighted by Crippen LogP contribution is -2.25. The van der Waals surface area contributed by atoms with Gasteiger partial charge in [0.2, 0.25) is 0 Å². The highest BCUT2D eigenvalue weighted by Gasteiger charge is 2.21. The standard InChI is InChI=1S/C19H21N/c1-14(2)12-19-17-11-7-6-10-16(17)13-18(20-19)15-8-4-3-5-9-15/h3-11,13-14,19-20H,12H2,1-2H3. The third kappa shape index (κ3) is 2.62. The van der Waals surface area contributed by atoms with Gasteiger partial charge in [0.15, 0.2) is 0 Å². The minimum absolute atomic E-state index is 0.409. The van der Waals surface area contributed by atoms with Crippen LogP contribution in [-0.4, -0.2) is 0 Å². The molecule has 1 heterocycles. The molecule has 0 aromatic heterocycles. The highest BCUT2D eigenvalue weighted by atomic mass is 14.9. The van der Waals surface area contributed by atoms with Crippen molar-refractivity contribution in [2.45, 2.75) is 26.3 Å². The van der Waals surface area contributed by atoms with Gasteiger partial charge in [-0.25, -0.2) is 0 Å². The van der Waals surface area contributed by atoms with Crippen LogP contribution in [0.5, 0.6) is 0 Å². The molecule has 1 N–H and O–H groups in total. The molecule has 1 unspecified atom stereocenters. The van der Waals surface area contributed by atoms with Crippen molar-refractivity contribution in [2.75, 3.05) is 0 Å². The maximum Gasteiger partial charge on any atom is 0.0522 e. The molecule has 0 aliphatic carbocycles. The predicted octanol–water partition coefficient (Wildman–Crippen LogP) is 4.88. The minimum Gasteiger partial charge on any atom is -0.378 e. The van der Waals surface area contributed by atoms with Crippen LogP contribution < -0.4 is 5.32 Å². The van der Waals surface area contributed by atoms with Gasteiger partial charge in [0.05, 0.1) is 6.04 Å². The summed E-state index contributed by atoms with van der Waals surface area (Å²) >= 11 is 0. The van der Waals surface area contributed by atoms with E-state index >= 15 is 0 Å². The fraction of sp³-hybridized carbons (Fsp3) is 0.263. The van der Waals surface area contributed by atoms with Gasteiger partial charge in [0.1, 0.15) is 0 Å². The molecule has 1 nitrogen and oxygen atoms in total. The van der Waals surface area contributed by atoms with Gasteiger partial charge in [-0.2, -0.15) is 0 Å². The summed E-state index contributed by atoms with van der Waals surface area (Å²) in [5.41, 5.74) is 5.25. The smallest absolute Gasteiger partial charge is 0.0522 e. The molecule has 0 bridgehead atoms. The average molecular weight is 263 g/mol. The summed E-state index contributed by atoms with van der Waals surface area (Å²) in [6.45, 7) is 4.57. The summed E-state index contributed by atoms with van der Waals surface area (Å²) in [5, 5.41) is 3.72. The van der Waals surface area contributed by atoms with Crippen molar-refractivity contribution >= 4 is 11.8 Å². The Morgan fingerprint density at radius 1 is 0.950 bits per heavy atom. The van der Waals surface area contributed by atoms with Gasteiger partial charge < -0.3 is 5.32 Å². The van der Waals surface area contributed by atoms with Crippen molar-refractivity contribution in [3.63, 3.8) is 0 Å². The van der Waals surface area contributed by atoms with E-state index in [1.165, 1.54) is 22.4 Å². The molecule has 1 aliphatic rings. The van der Waals surface area contributed by atoms with Crippen molar-refractivity contribution in [3.8, 4) is 0 Å². The number of fused-ring (bicyclic) bond motifs is 1. The topological polar surface area (TPSA) is 12.0 Å². The monoisotopic (exact) mass is 263 g/mol. The van der Waals surface area contributed by atoms with Gasteiger partial charge in [-0.15, -0.1) is 0 Å². The number of benzene rings is 2. The maximum atomic E-state index is 3.72. The molecule has 0 amide bonds. The summed E-state index contributed by atoms with van der Waals surface area (Å²) in [6, 6.07) is 19.7. The Balaban J connectivity index is 2.01. The third-order valence-corrected chi connectivity index (χ3v) is 3.79. The molecule has 2 aromatic carbocycles. The lowest BCUT2D eigenvalue weighted by molar-refractivity contribution is 0.471. The van der Waals surface area contributed by atoms with Crippen molar-refractivity contribution in [2.24, 2.45) is 5.92 Å². The van der Waals surface area contributed by atoms with Crippen LogP contribution in [-0.2, 0) is 0 Å². The molecule has 1 heteroatoms. The van der Waals surface area contributed by atoms with Crippen LogP contribution in [0.3, 0.4) is 0 Å². The molecule has 102 valence electrons. The van der Waals surface area contributed by atoms with Crippen LogP contribution in [0.1, 0.15) is 43.0 Å². The van der Waals surface area contributed by atoms with Gasteiger partial charge in [-0.05, 0) is 35.1 Å². The lowest BCUT2D eigenvalue weighted by atomic mass is 9.89. The van der Waals surface area contributed by atoms with Gasteiger partial charge in [0, 0.05) is 5.70 Å². The number of rotatable bonds is 3. The summed E-state index contributed by atoms with van der Waals surface area (Å²) < 4.78 is 0. The van der Waals surface area contributed by atoms with Gasteiger partial charge in [0.25, 0.3) is 0 Å². The van der Waals surface area contributed by atoms with Crippen molar-refractivity contribution in [1.29, 1.82) is 0 Å². The number of hydrogen-bond donors (Lipinski definition) is 1. The van der Waals surface area contributed by atoms with E-state index in [9.17, 15) is 0 Å². The molecule has 0 radical (unpaired) electrons. The summed E-state index contributed by atoms with van der Waals surface area (Å²) in [7, 11) is 0. The first-order valence-electron chi connectivity index (χ1n) is 7.36. The Labute approximate surface area is 121 Å². The molecule has 1 atom stereocenters. The van der Waals surface area contributed by atoms with Crippen LogP contribution in [0, 0.1) is 5.92 Å². The van der Waals surface area contributed by atoms with E-state index in [-0.39, 0.29) is 0 Å². The molecule has 1 aliphatic heterocycles. The van der Waals surface area contributed by atoms with E-state index < -0.39 is 0 Å². The highest BCUT2D eigenvalue weighted by molar-refractivity contribution is 5.83. The number of hydrogen-bond acceptors (Lipinski definition) is 1. The molecule has 0 saturated carbocycles. The molecular formula is C19H21N. The van der Waals surface area contributed by atoms with Crippen LogP contribution in [0.25, 0.3) is 11.8 Å². The van der Waals surface area contributed by atoms with Gasteiger partial charge in [-0.1, -0.05) is 68.4 Å². The van der Waals surface area contributed by atoms with Crippen molar-refractivity contribution in [1.82, 2.24) is 5.32 Å². The van der Waals surface area contributed by atoms with E-state index in [2.05, 4.69) is 79.8 Å². The Morgan fingerprint density at radius 3 is 2.40 bits per heavy atom. The molecule has 0 saturated heterocycles. The molecule has 3 rings (SSSR count). The van der Waals surface area contributed by atoms with Crippen LogP contribution in [0.4, 0.5) is 0 Å². The van der Waals surface area contributed by atoms with Crippen LogP contribution in [0.15, 0.2) is 54.6 Å². The first-order valence-corrected chi connectivity index (χ1v) is 7.36. The van der Waals surface area contributed by atoms with Crippen molar-refractivity contribution < 1.29 is 0 Å². The average Bonchev–Trinajstić information content (AvgIpc) is 2.47. The quantitative estimate of drug-likeness (QED) is 0.832. The zero-order valence-corrected chi connectivity index (χ0v) is 12.1. The van der Waals surface area contributed by atoms with Crippen molar-refractivity contribution in [3.05, 3.63) is 71.3 Å². The second-order valence-electron chi connectivity index (χ2n) is 5.88. The van der Waals surface area contributed by atoms with E-state index in [1.807, 2.05) is 0 Å². The first-order chi connectivity index (χ1) is 9.74. The van der Waals surface area contributed by atoms with E-state index in [4.69, 9.17) is 0 Å². The summed E-state index contributed by atoms with van der Waals surface area (Å²) in [6.07, 6.45) is 3.42. The van der Waals surface area contributed by atoms with Crippen LogP contribution in [0.2, 0.25) is 0 Å². The number of nitrogens with one attached hydrogen (secondary N) is 1. The fourth-order valence-electron chi connectivity index (χ4n) is 2.86. The third-order valence-electron chi connectivity index (χ3n) is 3.79. The summed E-state index contributed by atoms with van der Waals surface area (Å²) in [4.78, 5) is 0. The predicted molar refractivity (Wildman–Crippen MR) is 86.1 cm³/mol. The molecule has 20 heavy (non-hydrogen) atoms. The Kier molecular flexibility index (Phi) is 3.60. The Hall–Kier alpha value is -2.02. The Morgan fingerprint density at radius 2 is 1.65 bits per heavy atom. The zero-order valence-electron chi connectivity index (χ0n) is 12.1. The largest absolute Gasteiger partial charge is 0.378 e. The molecular weight excluding hydrogens is 242 g/mol. The SMILES string of the molecule is CC(C)CC1NC(c2ccccc2)=Cc2ccccc21. The lowest BCUT2D eigenvalue weighted by Gasteiger charge is -2.29. The highest BCUT2D eigenvalue weighted by Crippen LogP contribution is 2.33. The second-order valence-corrected chi connectivity index (χ2v) is 5.88. The van der Waals surface area contributed by atoms with Gasteiger partial charge >= 0.3 is 0 Å². The zero-order chi connectivity index (χ0) is 13.9.